The van der Waals surface area contributed by atoms with Crippen molar-refractivity contribution in [2.45, 2.75) is 25.8 Å². The number of fused-ring (bicyclic) bond motifs is 2. The first-order valence-electron chi connectivity index (χ1n) is 11.6. The van der Waals surface area contributed by atoms with Crippen LogP contribution in [0.5, 0.6) is 5.75 Å². The Morgan fingerprint density at radius 3 is 2.31 bits per heavy atom. The molecular formula is C28H27N5O2. The van der Waals surface area contributed by atoms with Crippen molar-refractivity contribution in [3.63, 3.8) is 0 Å². The lowest BCUT2D eigenvalue weighted by atomic mass is 10.1. The Morgan fingerprint density at radius 1 is 0.971 bits per heavy atom. The van der Waals surface area contributed by atoms with Gasteiger partial charge < -0.3 is 15.8 Å². The van der Waals surface area contributed by atoms with Crippen LogP contribution < -0.4 is 15.8 Å². The van der Waals surface area contributed by atoms with Crippen molar-refractivity contribution >= 4 is 33.9 Å². The number of benzene rings is 3. The van der Waals surface area contributed by atoms with E-state index in [1.54, 1.807) is 11.7 Å². The van der Waals surface area contributed by atoms with E-state index in [1.807, 2.05) is 73.7 Å². The lowest BCUT2D eigenvalue weighted by Gasteiger charge is -2.14. The number of ether oxygens (including phenoxy) is 1. The second kappa shape index (κ2) is 9.46. The number of nitrogens with two attached hydrogens (primary N) is 1. The van der Waals surface area contributed by atoms with Crippen LogP contribution in [0.4, 0.5) is 5.82 Å². The Bertz CT molecular complexity index is 1490. The number of methoxy groups -OCH3 is 1. The molecule has 0 saturated heterocycles. The Hall–Kier alpha value is -4.39. The van der Waals surface area contributed by atoms with Gasteiger partial charge in [-0.15, -0.1) is 0 Å². The van der Waals surface area contributed by atoms with E-state index in [9.17, 15) is 4.79 Å². The summed E-state index contributed by atoms with van der Waals surface area (Å²) in [4.78, 5) is 23.1. The monoisotopic (exact) mass is 465 g/mol. The number of rotatable bonds is 7. The number of nitrogens with zero attached hydrogens (tertiary/aromatic N) is 3. The van der Waals surface area contributed by atoms with Gasteiger partial charge in [0.25, 0.3) is 5.91 Å². The minimum absolute atomic E-state index is 0.0464. The molecule has 35 heavy (non-hydrogen) atoms. The molecule has 0 bridgehead atoms. The highest BCUT2D eigenvalue weighted by atomic mass is 16.5. The predicted molar refractivity (Wildman–Crippen MR) is 139 cm³/mol. The molecule has 7 nitrogen and oxygen atoms in total. The third-order valence-electron chi connectivity index (χ3n) is 6.14. The molecule has 0 radical (unpaired) electrons. The fraction of sp³-hybridized carbons (Fsp3) is 0.179. The van der Waals surface area contributed by atoms with E-state index in [1.165, 1.54) is 5.56 Å². The van der Waals surface area contributed by atoms with Crippen molar-refractivity contribution in [1.82, 2.24) is 19.9 Å². The van der Waals surface area contributed by atoms with Crippen molar-refractivity contribution in [3.05, 3.63) is 90.0 Å². The number of nitrogens with one attached hydrogen (secondary N) is 1. The third kappa shape index (κ3) is 4.40. The zero-order valence-electron chi connectivity index (χ0n) is 19.7. The van der Waals surface area contributed by atoms with Gasteiger partial charge in [0, 0.05) is 11.7 Å². The maximum atomic E-state index is 13.5. The van der Waals surface area contributed by atoms with E-state index in [2.05, 4.69) is 17.4 Å². The van der Waals surface area contributed by atoms with Crippen molar-refractivity contribution in [3.8, 4) is 11.4 Å². The summed E-state index contributed by atoms with van der Waals surface area (Å²) in [6, 6.07) is 25.2. The van der Waals surface area contributed by atoms with Gasteiger partial charge in [-0.05, 0) is 61.7 Å². The summed E-state index contributed by atoms with van der Waals surface area (Å²) in [6.07, 6.45) is 1.68. The first-order valence-corrected chi connectivity index (χ1v) is 11.6. The lowest BCUT2D eigenvalue weighted by Crippen LogP contribution is -2.33. The zero-order valence-corrected chi connectivity index (χ0v) is 19.7. The molecule has 7 heteroatoms. The van der Waals surface area contributed by atoms with Crippen molar-refractivity contribution in [2.24, 2.45) is 0 Å². The molecule has 1 amide bonds. The van der Waals surface area contributed by atoms with Gasteiger partial charge in [-0.1, -0.05) is 42.5 Å². The molecule has 3 aromatic carbocycles. The maximum absolute atomic E-state index is 13.5. The van der Waals surface area contributed by atoms with Crippen LogP contribution in [0.25, 0.3) is 27.9 Å². The van der Waals surface area contributed by atoms with E-state index < -0.39 is 0 Å². The number of nitrogen functional groups attached to an aromatic ring is 1. The van der Waals surface area contributed by atoms with Gasteiger partial charge in [-0.25, -0.2) is 9.97 Å². The SMILES string of the molecule is COc1ccc(-n2c(N)c(C(=O)NC(C)CCc3ccccc3)c3nc4ccccc4nc32)cc1. The van der Waals surface area contributed by atoms with Crippen molar-refractivity contribution in [2.75, 3.05) is 12.8 Å². The van der Waals surface area contributed by atoms with Gasteiger partial charge in [-0.2, -0.15) is 0 Å². The molecule has 5 rings (SSSR count). The minimum atomic E-state index is -0.259. The number of carbonyl (C=O) groups excluding carboxylic acids is 1. The predicted octanol–water partition coefficient (Wildman–Crippen LogP) is 4.92. The molecule has 5 aromatic rings. The average Bonchev–Trinajstić information content (AvgIpc) is 3.17. The molecule has 0 aliphatic carbocycles. The lowest BCUT2D eigenvalue weighted by molar-refractivity contribution is 0.0941. The standard InChI is InChI=1S/C28H27N5O2/c1-18(12-13-19-8-4-3-5-9-19)30-28(34)24-25-27(32-23-11-7-6-10-22(23)31-25)33(26(24)29)20-14-16-21(35-2)17-15-20/h3-11,14-18H,12-13,29H2,1-2H3,(H,30,34). The number of aromatic nitrogens is 3. The minimum Gasteiger partial charge on any atom is -0.497 e. The third-order valence-corrected chi connectivity index (χ3v) is 6.14. The van der Waals surface area contributed by atoms with Gasteiger partial charge in [0.15, 0.2) is 5.65 Å². The number of hydrogen-bond donors (Lipinski definition) is 2. The van der Waals surface area contributed by atoms with Gasteiger partial charge in [-0.3, -0.25) is 9.36 Å². The molecule has 0 aliphatic heterocycles. The Kier molecular flexibility index (Phi) is 6.06. The highest BCUT2D eigenvalue weighted by Crippen LogP contribution is 2.31. The summed E-state index contributed by atoms with van der Waals surface area (Å²) >= 11 is 0. The number of anilines is 1. The zero-order chi connectivity index (χ0) is 24.4. The van der Waals surface area contributed by atoms with Gasteiger partial charge in [0.2, 0.25) is 0 Å². The quantitative estimate of drug-likeness (QED) is 0.356. The van der Waals surface area contributed by atoms with E-state index in [0.717, 1.165) is 29.8 Å². The summed E-state index contributed by atoms with van der Waals surface area (Å²) in [7, 11) is 1.62. The van der Waals surface area contributed by atoms with Gasteiger partial charge in [0.1, 0.15) is 22.6 Å². The van der Waals surface area contributed by atoms with Crippen LogP contribution in [0.2, 0.25) is 0 Å². The van der Waals surface area contributed by atoms with E-state index >= 15 is 0 Å². The maximum Gasteiger partial charge on any atom is 0.257 e. The van der Waals surface area contributed by atoms with Crippen LogP contribution in [0.1, 0.15) is 29.3 Å². The van der Waals surface area contributed by atoms with E-state index in [4.69, 9.17) is 20.4 Å². The molecule has 2 aromatic heterocycles. The first-order chi connectivity index (χ1) is 17.0. The fourth-order valence-corrected chi connectivity index (χ4v) is 4.27. The second-order valence-electron chi connectivity index (χ2n) is 8.58. The first kappa shape index (κ1) is 22.4. The Morgan fingerprint density at radius 2 is 1.63 bits per heavy atom. The van der Waals surface area contributed by atoms with Crippen LogP contribution in [0, 0.1) is 0 Å². The summed E-state index contributed by atoms with van der Waals surface area (Å²) in [5, 5.41) is 3.11. The normalized spacial score (nSPS) is 12.1. The summed E-state index contributed by atoms with van der Waals surface area (Å²) < 4.78 is 7.07. The second-order valence-corrected chi connectivity index (χ2v) is 8.58. The van der Waals surface area contributed by atoms with Crippen LogP contribution in [0.3, 0.4) is 0 Å². The summed E-state index contributed by atoms with van der Waals surface area (Å²) in [5.74, 6) is 0.767. The molecule has 1 atom stereocenters. The van der Waals surface area contributed by atoms with Crippen LogP contribution >= 0.6 is 0 Å². The molecule has 0 aliphatic rings. The molecule has 176 valence electrons. The number of para-hydroxylation sites is 2. The molecule has 0 spiro atoms. The molecular weight excluding hydrogens is 438 g/mol. The van der Waals surface area contributed by atoms with Gasteiger partial charge in [0.05, 0.1) is 18.1 Å². The molecule has 3 N–H and O–H groups in total. The fourth-order valence-electron chi connectivity index (χ4n) is 4.27. The molecule has 0 saturated carbocycles. The Balaban J connectivity index is 1.54. The van der Waals surface area contributed by atoms with Gasteiger partial charge >= 0.3 is 0 Å². The van der Waals surface area contributed by atoms with Crippen molar-refractivity contribution in [1.29, 1.82) is 0 Å². The van der Waals surface area contributed by atoms with Crippen LogP contribution in [0.15, 0.2) is 78.9 Å². The summed E-state index contributed by atoms with van der Waals surface area (Å²) in [5.41, 5.74) is 11.4. The van der Waals surface area contributed by atoms with E-state index in [-0.39, 0.29) is 11.9 Å². The Labute approximate surface area is 203 Å². The molecule has 0 fully saturated rings. The smallest absolute Gasteiger partial charge is 0.257 e. The largest absolute Gasteiger partial charge is 0.497 e. The number of amides is 1. The van der Waals surface area contributed by atoms with Crippen LogP contribution in [-0.2, 0) is 6.42 Å². The number of aryl methyl sites for hydroxylation is 1. The number of carbonyl (C=O) groups is 1. The van der Waals surface area contributed by atoms with Crippen LogP contribution in [-0.4, -0.2) is 33.6 Å². The highest BCUT2D eigenvalue weighted by molar-refractivity contribution is 6.11. The number of hydrogen-bond acceptors (Lipinski definition) is 5. The highest BCUT2D eigenvalue weighted by Gasteiger charge is 2.25. The topological polar surface area (TPSA) is 95.1 Å². The molecule has 1 unspecified atom stereocenters. The molecule has 2 heterocycles. The van der Waals surface area contributed by atoms with E-state index in [0.29, 0.717) is 28.1 Å². The van der Waals surface area contributed by atoms with Crippen molar-refractivity contribution < 1.29 is 9.53 Å². The summed E-state index contributed by atoms with van der Waals surface area (Å²) in [6.45, 7) is 2.00. The average molecular weight is 466 g/mol.